The molecule has 0 radical (unpaired) electrons. The molecule has 0 bridgehead atoms. The zero-order valence-electron chi connectivity index (χ0n) is 14.6. The summed E-state index contributed by atoms with van der Waals surface area (Å²) in [5.74, 6) is 2.56. The zero-order valence-corrected chi connectivity index (χ0v) is 16.2. The van der Waals surface area contributed by atoms with E-state index in [4.69, 9.17) is 16.3 Å². The minimum Gasteiger partial charge on any atom is -0.454 e. The number of carbonyl (C=O) groups excluding carboxylic acids is 1. The number of hydrogen-bond donors (Lipinski definition) is 1. The maximum absolute atomic E-state index is 12.3. The molecule has 0 saturated carbocycles. The quantitative estimate of drug-likeness (QED) is 0.488. The van der Waals surface area contributed by atoms with Crippen molar-refractivity contribution in [2.24, 2.45) is 0 Å². The first-order chi connectivity index (χ1) is 13.2. The minimum atomic E-state index is -0.0567. The van der Waals surface area contributed by atoms with E-state index in [0.717, 1.165) is 17.2 Å². The third-order valence-corrected chi connectivity index (χ3v) is 4.97. The molecular formula is C21H19ClN2O2S. The Labute approximate surface area is 167 Å². The molecule has 0 fully saturated rings. The number of rotatable bonds is 8. The lowest BCUT2D eigenvalue weighted by Crippen LogP contribution is -2.13. The molecule has 2 aromatic carbocycles. The van der Waals surface area contributed by atoms with Crippen LogP contribution >= 0.6 is 23.4 Å². The number of thioether (sulfide) groups is 1. The lowest BCUT2D eigenvalue weighted by molar-refractivity contribution is -0.115. The second-order valence-corrected chi connectivity index (χ2v) is 7.21. The Hall–Kier alpha value is -2.50. The molecule has 3 aromatic rings. The molecule has 0 aliphatic heterocycles. The maximum Gasteiger partial charge on any atom is 0.225 e. The molecule has 6 heteroatoms. The SMILES string of the molecule is O=C(CCSCc1ccccn1)Nc1ccccc1Oc1ccccc1Cl. The summed E-state index contributed by atoms with van der Waals surface area (Å²) in [6.45, 7) is 0. The maximum atomic E-state index is 12.3. The van der Waals surface area contributed by atoms with Gasteiger partial charge in [0.2, 0.25) is 5.91 Å². The topological polar surface area (TPSA) is 51.2 Å². The molecule has 138 valence electrons. The van der Waals surface area contributed by atoms with Crippen LogP contribution in [0.4, 0.5) is 5.69 Å². The Bertz CT molecular complexity index is 890. The molecular weight excluding hydrogens is 380 g/mol. The highest BCUT2D eigenvalue weighted by Gasteiger charge is 2.10. The van der Waals surface area contributed by atoms with Gasteiger partial charge in [0, 0.05) is 24.1 Å². The van der Waals surface area contributed by atoms with Crippen LogP contribution in [0.2, 0.25) is 5.02 Å². The lowest BCUT2D eigenvalue weighted by atomic mass is 10.2. The van der Waals surface area contributed by atoms with Gasteiger partial charge < -0.3 is 10.1 Å². The van der Waals surface area contributed by atoms with E-state index in [2.05, 4.69) is 10.3 Å². The summed E-state index contributed by atoms with van der Waals surface area (Å²) >= 11 is 7.83. The van der Waals surface area contributed by atoms with Gasteiger partial charge in [0.15, 0.2) is 5.75 Å². The van der Waals surface area contributed by atoms with E-state index in [1.165, 1.54) is 0 Å². The number of aromatic nitrogens is 1. The number of nitrogens with one attached hydrogen (secondary N) is 1. The van der Waals surface area contributed by atoms with Crippen molar-refractivity contribution in [3.05, 3.63) is 83.6 Å². The third kappa shape index (κ3) is 6.01. The van der Waals surface area contributed by atoms with Crippen molar-refractivity contribution in [2.45, 2.75) is 12.2 Å². The van der Waals surface area contributed by atoms with E-state index < -0.39 is 0 Å². The van der Waals surface area contributed by atoms with Crippen molar-refractivity contribution in [3.63, 3.8) is 0 Å². The van der Waals surface area contributed by atoms with E-state index >= 15 is 0 Å². The van der Waals surface area contributed by atoms with E-state index in [0.29, 0.717) is 28.6 Å². The Morgan fingerprint density at radius 3 is 2.52 bits per heavy atom. The van der Waals surface area contributed by atoms with Crippen LogP contribution < -0.4 is 10.1 Å². The molecule has 0 saturated heterocycles. The molecule has 0 unspecified atom stereocenters. The van der Waals surface area contributed by atoms with Gasteiger partial charge in [-0.1, -0.05) is 41.9 Å². The number of anilines is 1. The van der Waals surface area contributed by atoms with Crippen molar-refractivity contribution in [1.29, 1.82) is 0 Å². The summed E-state index contributed by atoms with van der Waals surface area (Å²) in [5, 5.41) is 3.43. The van der Waals surface area contributed by atoms with Gasteiger partial charge in [-0.05, 0) is 36.4 Å². The van der Waals surface area contributed by atoms with Gasteiger partial charge in [-0.2, -0.15) is 11.8 Å². The molecule has 0 atom stereocenters. The molecule has 27 heavy (non-hydrogen) atoms. The first-order valence-corrected chi connectivity index (χ1v) is 10.0. The summed E-state index contributed by atoms with van der Waals surface area (Å²) in [6, 6.07) is 20.4. The average Bonchev–Trinajstić information content (AvgIpc) is 2.69. The summed E-state index contributed by atoms with van der Waals surface area (Å²) in [7, 11) is 0. The molecule has 1 amide bonds. The number of hydrogen-bond acceptors (Lipinski definition) is 4. The van der Waals surface area contributed by atoms with Crippen LogP contribution in [0, 0.1) is 0 Å². The summed E-state index contributed by atoms with van der Waals surface area (Å²) in [5.41, 5.74) is 1.64. The molecule has 1 aromatic heterocycles. The van der Waals surface area contributed by atoms with Crippen molar-refractivity contribution in [3.8, 4) is 11.5 Å². The number of ether oxygens (including phenoxy) is 1. The van der Waals surface area contributed by atoms with E-state index in [-0.39, 0.29) is 5.91 Å². The lowest BCUT2D eigenvalue weighted by Gasteiger charge is -2.13. The van der Waals surface area contributed by atoms with Crippen LogP contribution in [-0.4, -0.2) is 16.6 Å². The molecule has 1 heterocycles. The van der Waals surface area contributed by atoms with E-state index in [9.17, 15) is 4.79 Å². The van der Waals surface area contributed by atoms with Gasteiger partial charge in [0.25, 0.3) is 0 Å². The van der Waals surface area contributed by atoms with Crippen molar-refractivity contribution in [1.82, 2.24) is 4.98 Å². The number of nitrogens with zero attached hydrogens (tertiary/aromatic N) is 1. The van der Waals surface area contributed by atoms with E-state index in [1.807, 2.05) is 48.5 Å². The Balaban J connectivity index is 1.53. The van der Waals surface area contributed by atoms with Crippen LogP contribution in [0.25, 0.3) is 0 Å². The fourth-order valence-electron chi connectivity index (χ4n) is 2.34. The second kappa shape index (κ2) is 10.00. The molecule has 0 spiro atoms. The highest BCUT2D eigenvalue weighted by atomic mass is 35.5. The Kier molecular flexibility index (Phi) is 7.13. The monoisotopic (exact) mass is 398 g/mol. The molecule has 1 N–H and O–H groups in total. The largest absolute Gasteiger partial charge is 0.454 e. The average molecular weight is 399 g/mol. The van der Waals surface area contributed by atoms with E-state index in [1.54, 1.807) is 36.2 Å². The number of amides is 1. The van der Waals surface area contributed by atoms with Crippen LogP contribution in [0.3, 0.4) is 0 Å². The predicted molar refractivity (Wildman–Crippen MR) is 112 cm³/mol. The first-order valence-electron chi connectivity index (χ1n) is 8.51. The van der Waals surface area contributed by atoms with Crippen LogP contribution in [0.1, 0.15) is 12.1 Å². The molecule has 0 aliphatic rings. The van der Waals surface area contributed by atoms with Gasteiger partial charge in [-0.15, -0.1) is 0 Å². The standard InChI is InChI=1S/C21H19ClN2O2S/c22-17-8-1-3-10-19(17)26-20-11-4-2-9-18(20)24-21(25)12-14-27-15-16-7-5-6-13-23-16/h1-11,13H,12,14-15H2,(H,24,25). The number of carbonyl (C=O) groups is 1. The number of halogens is 1. The Morgan fingerprint density at radius 1 is 1.00 bits per heavy atom. The zero-order chi connectivity index (χ0) is 18.9. The van der Waals surface area contributed by atoms with Crippen LogP contribution in [-0.2, 0) is 10.5 Å². The minimum absolute atomic E-state index is 0.0567. The number of para-hydroxylation sites is 3. The fraction of sp³-hybridized carbons (Fsp3) is 0.143. The normalized spacial score (nSPS) is 10.4. The van der Waals surface area contributed by atoms with Gasteiger partial charge >= 0.3 is 0 Å². The highest BCUT2D eigenvalue weighted by Crippen LogP contribution is 2.33. The van der Waals surface area contributed by atoms with Crippen LogP contribution in [0.5, 0.6) is 11.5 Å². The van der Waals surface area contributed by atoms with Gasteiger partial charge in [0.05, 0.1) is 16.4 Å². The van der Waals surface area contributed by atoms with Crippen molar-refractivity contribution < 1.29 is 9.53 Å². The predicted octanol–water partition coefficient (Wildman–Crippen LogP) is 5.79. The van der Waals surface area contributed by atoms with Crippen LogP contribution in [0.15, 0.2) is 72.9 Å². The first kappa shape index (κ1) is 19.3. The second-order valence-electron chi connectivity index (χ2n) is 5.70. The van der Waals surface area contributed by atoms with Gasteiger partial charge in [-0.25, -0.2) is 0 Å². The summed E-state index contributed by atoms with van der Waals surface area (Å²) in [6.07, 6.45) is 2.19. The van der Waals surface area contributed by atoms with Gasteiger partial charge in [-0.3, -0.25) is 9.78 Å². The summed E-state index contributed by atoms with van der Waals surface area (Å²) in [4.78, 5) is 16.5. The fourth-order valence-corrected chi connectivity index (χ4v) is 3.37. The Morgan fingerprint density at radius 2 is 1.74 bits per heavy atom. The summed E-state index contributed by atoms with van der Waals surface area (Å²) < 4.78 is 5.86. The van der Waals surface area contributed by atoms with Gasteiger partial charge in [0.1, 0.15) is 5.75 Å². The third-order valence-electron chi connectivity index (χ3n) is 3.67. The number of pyridine rings is 1. The molecule has 4 nitrogen and oxygen atoms in total. The highest BCUT2D eigenvalue weighted by molar-refractivity contribution is 7.98. The van der Waals surface area contributed by atoms with Crippen molar-refractivity contribution >= 4 is 35.0 Å². The molecule has 3 rings (SSSR count). The smallest absolute Gasteiger partial charge is 0.225 e. The number of benzene rings is 2. The molecule has 0 aliphatic carbocycles. The van der Waals surface area contributed by atoms with Crippen molar-refractivity contribution in [2.75, 3.05) is 11.1 Å².